The number of hydrogen-bond acceptors (Lipinski definition) is 3. The van der Waals surface area contributed by atoms with Crippen molar-refractivity contribution in [2.75, 3.05) is 20.3 Å². The quantitative estimate of drug-likeness (QED) is 0.788. The van der Waals surface area contributed by atoms with Gasteiger partial charge in [-0.25, -0.2) is 0 Å². The van der Waals surface area contributed by atoms with E-state index in [0.717, 1.165) is 5.75 Å². The average Bonchev–Trinajstić information content (AvgIpc) is 2.33. The van der Waals surface area contributed by atoms with E-state index in [9.17, 15) is 0 Å². The summed E-state index contributed by atoms with van der Waals surface area (Å²) in [7, 11) is 1.96. The molecule has 18 heavy (non-hydrogen) atoms. The number of rotatable bonds is 6. The van der Waals surface area contributed by atoms with Crippen molar-refractivity contribution in [3.05, 3.63) is 29.8 Å². The van der Waals surface area contributed by atoms with Gasteiger partial charge >= 0.3 is 0 Å². The number of hydrogen-bond donors (Lipinski definition) is 1. The zero-order valence-corrected chi connectivity index (χ0v) is 12.1. The van der Waals surface area contributed by atoms with Gasteiger partial charge < -0.3 is 14.8 Å². The van der Waals surface area contributed by atoms with E-state index in [1.165, 1.54) is 5.56 Å². The molecule has 0 bridgehead atoms. The molecule has 0 heterocycles. The highest BCUT2D eigenvalue weighted by Crippen LogP contribution is 2.17. The largest absolute Gasteiger partial charge is 0.491 e. The Kier molecular flexibility index (Phi) is 5.63. The fourth-order valence-electron chi connectivity index (χ4n) is 1.53. The van der Waals surface area contributed by atoms with Crippen LogP contribution in [0.15, 0.2) is 24.3 Å². The molecule has 0 amide bonds. The maximum Gasteiger partial charge on any atom is 0.119 e. The molecular formula is C15H25NO2. The van der Waals surface area contributed by atoms with Crippen LogP contribution in [0.25, 0.3) is 0 Å². The van der Waals surface area contributed by atoms with Crippen molar-refractivity contribution < 1.29 is 9.47 Å². The van der Waals surface area contributed by atoms with Crippen LogP contribution in [-0.4, -0.2) is 25.9 Å². The summed E-state index contributed by atoms with van der Waals surface area (Å²) in [5, 5.41) is 3.21. The molecule has 1 unspecified atom stereocenters. The third-order valence-electron chi connectivity index (χ3n) is 2.70. The smallest absolute Gasteiger partial charge is 0.119 e. The van der Waals surface area contributed by atoms with Gasteiger partial charge in [-0.05, 0) is 52.4 Å². The minimum absolute atomic E-state index is 0.102. The molecule has 1 atom stereocenters. The lowest BCUT2D eigenvalue weighted by Crippen LogP contribution is -2.22. The van der Waals surface area contributed by atoms with E-state index in [1.807, 2.05) is 40.0 Å². The van der Waals surface area contributed by atoms with Crippen LogP contribution < -0.4 is 10.1 Å². The van der Waals surface area contributed by atoms with Crippen LogP contribution in [0.5, 0.6) is 5.75 Å². The normalized spacial score (nSPS) is 13.4. The highest BCUT2D eigenvalue weighted by Gasteiger charge is 2.09. The van der Waals surface area contributed by atoms with Crippen LogP contribution in [0.1, 0.15) is 39.3 Å². The van der Waals surface area contributed by atoms with Crippen molar-refractivity contribution in [3.63, 3.8) is 0 Å². The molecule has 102 valence electrons. The molecule has 0 aliphatic carbocycles. The lowest BCUT2D eigenvalue weighted by Gasteiger charge is -2.19. The number of benzene rings is 1. The summed E-state index contributed by atoms with van der Waals surface area (Å²) in [6.07, 6.45) is 0. The van der Waals surface area contributed by atoms with Crippen molar-refractivity contribution in [2.24, 2.45) is 0 Å². The Hall–Kier alpha value is -1.06. The van der Waals surface area contributed by atoms with Gasteiger partial charge in [-0.2, -0.15) is 0 Å². The average molecular weight is 251 g/mol. The lowest BCUT2D eigenvalue weighted by molar-refractivity contribution is -0.0163. The maximum atomic E-state index is 5.62. The van der Waals surface area contributed by atoms with Gasteiger partial charge in [-0.3, -0.25) is 0 Å². The standard InChI is InChI=1S/C15H25NO2/c1-12(16-5)13-6-8-14(9-7-13)17-10-11-18-15(2,3)4/h6-9,12,16H,10-11H2,1-5H3. The first-order chi connectivity index (χ1) is 8.42. The van der Waals surface area contributed by atoms with Crippen LogP contribution in [0.2, 0.25) is 0 Å². The summed E-state index contributed by atoms with van der Waals surface area (Å²) in [6, 6.07) is 8.53. The SMILES string of the molecule is CNC(C)c1ccc(OCCOC(C)(C)C)cc1. The van der Waals surface area contributed by atoms with Gasteiger partial charge in [0.2, 0.25) is 0 Å². The van der Waals surface area contributed by atoms with Crippen molar-refractivity contribution >= 4 is 0 Å². The predicted octanol–water partition coefficient (Wildman–Crippen LogP) is 3.16. The Bertz CT molecular complexity index is 341. The molecule has 1 N–H and O–H groups in total. The van der Waals surface area contributed by atoms with E-state index in [2.05, 4.69) is 24.4 Å². The molecule has 0 aliphatic rings. The van der Waals surface area contributed by atoms with Crippen molar-refractivity contribution in [1.29, 1.82) is 0 Å². The fraction of sp³-hybridized carbons (Fsp3) is 0.600. The van der Waals surface area contributed by atoms with Gasteiger partial charge in [0.15, 0.2) is 0 Å². The second-order valence-electron chi connectivity index (χ2n) is 5.39. The van der Waals surface area contributed by atoms with Gasteiger partial charge in [0, 0.05) is 6.04 Å². The van der Waals surface area contributed by atoms with Crippen LogP contribution >= 0.6 is 0 Å². The molecule has 3 heteroatoms. The third-order valence-corrected chi connectivity index (χ3v) is 2.70. The van der Waals surface area contributed by atoms with Crippen molar-refractivity contribution in [1.82, 2.24) is 5.32 Å². The molecule has 1 aromatic rings. The van der Waals surface area contributed by atoms with Gasteiger partial charge in [-0.1, -0.05) is 12.1 Å². The van der Waals surface area contributed by atoms with Crippen molar-refractivity contribution in [2.45, 2.75) is 39.3 Å². The van der Waals surface area contributed by atoms with E-state index in [-0.39, 0.29) is 5.60 Å². The highest BCUT2D eigenvalue weighted by molar-refractivity contribution is 5.28. The molecule has 0 fully saturated rings. The van der Waals surface area contributed by atoms with E-state index >= 15 is 0 Å². The summed E-state index contributed by atoms with van der Waals surface area (Å²) in [5.74, 6) is 0.888. The Balaban J connectivity index is 2.35. The Morgan fingerprint density at radius 3 is 2.22 bits per heavy atom. The molecule has 0 radical (unpaired) electrons. The lowest BCUT2D eigenvalue weighted by atomic mass is 10.1. The minimum atomic E-state index is -0.102. The van der Waals surface area contributed by atoms with E-state index in [1.54, 1.807) is 0 Å². The summed E-state index contributed by atoms with van der Waals surface area (Å²) >= 11 is 0. The van der Waals surface area contributed by atoms with Gasteiger partial charge in [0.1, 0.15) is 12.4 Å². The van der Waals surface area contributed by atoms with Crippen LogP contribution in [0, 0.1) is 0 Å². The molecule has 0 aromatic heterocycles. The minimum Gasteiger partial charge on any atom is -0.491 e. The fourth-order valence-corrected chi connectivity index (χ4v) is 1.53. The summed E-state index contributed by atoms with van der Waals surface area (Å²) in [5.41, 5.74) is 1.16. The topological polar surface area (TPSA) is 30.5 Å². The van der Waals surface area contributed by atoms with Crippen LogP contribution in [-0.2, 0) is 4.74 Å². The van der Waals surface area contributed by atoms with E-state index in [0.29, 0.717) is 19.3 Å². The molecule has 1 rings (SSSR count). The highest BCUT2D eigenvalue weighted by atomic mass is 16.5. The summed E-state index contributed by atoms with van der Waals surface area (Å²) in [6.45, 7) is 9.45. The zero-order valence-electron chi connectivity index (χ0n) is 12.1. The zero-order chi connectivity index (χ0) is 13.6. The first kappa shape index (κ1) is 15.0. The number of ether oxygens (including phenoxy) is 2. The Morgan fingerprint density at radius 1 is 1.11 bits per heavy atom. The second-order valence-corrected chi connectivity index (χ2v) is 5.39. The van der Waals surface area contributed by atoms with Crippen LogP contribution in [0.3, 0.4) is 0 Å². The van der Waals surface area contributed by atoms with Gasteiger partial charge in [-0.15, -0.1) is 0 Å². The summed E-state index contributed by atoms with van der Waals surface area (Å²) < 4.78 is 11.2. The molecule has 3 nitrogen and oxygen atoms in total. The van der Waals surface area contributed by atoms with E-state index < -0.39 is 0 Å². The maximum absolute atomic E-state index is 5.62. The predicted molar refractivity (Wildman–Crippen MR) is 75.1 cm³/mol. The molecule has 0 saturated heterocycles. The Morgan fingerprint density at radius 2 is 1.72 bits per heavy atom. The van der Waals surface area contributed by atoms with Crippen LogP contribution in [0.4, 0.5) is 0 Å². The number of nitrogens with one attached hydrogen (secondary N) is 1. The van der Waals surface area contributed by atoms with Gasteiger partial charge in [0.25, 0.3) is 0 Å². The molecule has 0 saturated carbocycles. The monoisotopic (exact) mass is 251 g/mol. The van der Waals surface area contributed by atoms with Crippen molar-refractivity contribution in [3.8, 4) is 5.75 Å². The molecule has 1 aromatic carbocycles. The summed E-state index contributed by atoms with van der Waals surface area (Å²) in [4.78, 5) is 0. The van der Waals surface area contributed by atoms with Gasteiger partial charge in [0.05, 0.1) is 12.2 Å². The molecule has 0 spiro atoms. The first-order valence-corrected chi connectivity index (χ1v) is 6.46. The molecular weight excluding hydrogens is 226 g/mol. The second kappa shape index (κ2) is 6.76. The molecule has 0 aliphatic heterocycles. The van der Waals surface area contributed by atoms with E-state index in [4.69, 9.17) is 9.47 Å². The first-order valence-electron chi connectivity index (χ1n) is 6.46. The Labute approximate surface area is 110 Å². The third kappa shape index (κ3) is 5.52.